The number of unbranched alkanes of at least 4 members (excludes halogenated alkanes) is 3. The first kappa shape index (κ1) is 12.7. The van der Waals surface area contributed by atoms with Gasteiger partial charge < -0.3 is 0 Å². The maximum absolute atomic E-state index is 12.0. The molecule has 1 aromatic carbocycles. The fourth-order valence-corrected chi connectivity index (χ4v) is 2.06. The second kappa shape index (κ2) is 6.29. The number of para-hydroxylation sites is 1. The first-order chi connectivity index (χ1) is 8.81. The Hall–Kier alpha value is -1.70. The molecule has 2 nitrogen and oxygen atoms in total. The largest absolute Gasteiger partial charge is 0.292 e. The number of fused-ring (bicyclic) bond motifs is 1. The first-order valence-electron chi connectivity index (χ1n) is 6.70. The fraction of sp³-hybridized carbons (Fsp3) is 0.375. The van der Waals surface area contributed by atoms with Gasteiger partial charge in [0.05, 0.1) is 5.52 Å². The van der Waals surface area contributed by atoms with Crippen LogP contribution in [0.1, 0.15) is 49.5 Å². The van der Waals surface area contributed by atoms with E-state index in [1.54, 1.807) is 0 Å². The number of Topliss-reactive ketones (excluding diaryl/α,β-unsaturated/α-hetero) is 1. The van der Waals surface area contributed by atoms with Gasteiger partial charge in [-0.3, -0.25) is 4.79 Å². The van der Waals surface area contributed by atoms with Gasteiger partial charge in [-0.15, -0.1) is 0 Å². The lowest BCUT2D eigenvalue weighted by Crippen LogP contribution is -2.02. The normalized spacial score (nSPS) is 10.7. The van der Waals surface area contributed by atoms with E-state index in [1.165, 1.54) is 12.8 Å². The standard InChI is InChI=1S/C16H19NO/c1-2-3-4-5-10-16(18)15-12-11-13-8-6-7-9-14(13)17-15/h6-9,11-12H,2-5,10H2,1H3. The topological polar surface area (TPSA) is 30.0 Å². The zero-order valence-electron chi connectivity index (χ0n) is 10.9. The maximum atomic E-state index is 12.0. The maximum Gasteiger partial charge on any atom is 0.181 e. The SMILES string of the molecule is CCCCCCC(=O)c1ccc2ccccc2n1. The summed E-state index contributed by atoms with van der Waals surface area (Å²) in [5.74, 6) is 0.164. The van der Waals surface area contributed by atoms with E-state index in [0.29, 0.717) is 12.1 Å². The van der Waals surface area contributed by atoms with Crippen molar-refractivity contribution in [2.75, 3.05) is 0 Å². The van der Waals surface area contributed by atoms with Crippen molar-refractivity contribution >= 4 is 16.7 Å². The molecule has 0 saturated heterocycles. The Morgan fingerprint density at radius 1 is 1.06 bits per heavy atom. The molecule has 0 aliphatic rings. The van der Waals surface area contributed by atoms with Crippen LogP contribution in [0.5, 0.6) is 0 Å². The van der Waals surface area contributed by atoms with E-state index in [4.69, 9.17) is 0 Å². The number of nitrogens with zero attached hydrogens (tertiary/aromatic N) is 1. The average Bonchev–Trinajstić information content (AvgIpc) is 2.43. The van der Waals surface area contributed by atoms with E-state index < -0.39 is 0 Å². The van der Waals surface area contributed by atoms with Gasteiger partial charge in [-0.25, -0.2) is 4.98 Å². The van der Waals surface area contributed by atoms with E-state index in [-0.39, 0.29) is 5.78 Å². The summed E-state index contributed by atoms with van der Waals surface area (Å²) >= 11 is 0. The van der Waals surface area contributed by atoms with Crippen LogP contribution in [-0.4, -0.2) is 10.8 Å². The second-order valence-corrected chi connectivity index (χ2v) is 4.62. The van der Waals surface area contributed by atoms with Gasteiger partial charge in [0.25, 0.3) is 0 Å². The molecule has 0 unspecified atom stereocenters. The van der Waals surface area contributed by atoms with Gasteiger partial charge in [-0.1, -0.05) is 50.5 Å². The number of rotatable bonds is 6. The van der Waals surface area contributed by atoms with Crippen LogP contribution in [-0.2, 0) is 0 Å². The van der Waals surface area contributed by atoms with Gasteiger partial charge >= 0.3 is 0 Å². The Labute approximate surface area is 108 Å². The Morgan fingerprint density at radius 3 is 2.72 bits per heavy atom. The fourth-order valence-electron chi connectivity index (χ4n) is 2.06. The predicted octanol–water partition coefficient (Wildman–Crippen LogP) is 4.39. The monoisotopic (exact) mass is 241 g/mol. The van der Waals surface area contributed by atoms with Crippen molar-refractivity contribution in [3.05, 3.63) is 42.1 Å². The summed E-state index contributed by atoms with van der Waals surface area (Å²) in [6, 6.07) is 11.7. The molecule has 0 amide bonds. The molecule has 0 N–H and O–H groups in total. The molecule has 2 rings (SSSR count). The quantitative estimate of drug-likeness (QED) is 0.554. The molecule has 0 radical (unpaired) electrons. The Balaban J connectivity index is 2.04. The van der Waals surface area contributed by atoms with Crippen LogP contribution in [0.4, 0.5) is 0 Å². The lowest BCUT2D eigenvalue weighted by Gasteiger charge is -2.02. The molecule has 0 aliphatic carbocycles. The van der Waals surface area contributed by atoms with Crippen molar-refractivity contribution in [1.29, 1.82) is 0 Å². The number of carbonyl (C=O) groups excluding carboxylic acids is 1. The number of carbonyl (C=O) groups is 1. The van der Waals surface area contributed by atoms with Crippen LogP contribution in [0.25, 0.3) is 10.9 Å². The van der Waals surface area contributed by atoms with Crippen LogP contribution in [0.2, 0.25) is 0 Å². The van der Waals surface area contributed by atoms with Crippen LogP contribution in [0, 0.1) is 0 Å². The molecule has 2 aromatic rings. The van der Waals surface area contributed by atoms with Crippen LogP contribution < -0.4 is 0 Å². The lowest BCUT2D eigenvalue weighted by molar-refractivity contribution is 0.0974. The minimum atomic E-state index is 0.164. The molecule has 0 saturated carbocycles. The van der Waals surface area contributed by atoms with Crippen molar-refractivity contribution in [1.82, 2.24) is 4.98 Å². The highest BCUT2D eigenvalue weighted by molar-refractivity contribution is 5.96. The third kappa shape index (κ3) is 3.16. The highest BCUT2D eigenvalue weighted by atomic mass is 16.1. The third-order valence-corrected chi connectivity index (χ3v) is 3.14. The van der Waals surface area contributed by atoms with Gasteiger partial charge in [0.2, 0.25) is 0 Å². The van der Waals surface area contributed by atoms with Crippen molar-refractivity contribution in [2.24, 2.45) is 0 Å². The number of ketones is 1. The van der Waals surface area contributed by atoms with E-state index in [1.807, 2.05) is 36.4 Å². The van der Waals surface area contributed by atoms with Crippen molar-refractivity contribution in [3.8, 4) is 0 Å². The molecule has 0 spiro atoms. The van der Waals surface area contributed by atoms with Gasteiger partial charge in [-0.05, 0) is 18.6 Å². The molecular formula is C16H19NO. The number of aromatic nitrogens is 1. The highest BCUT2D eigenvalue weighted by Crippen LogP contribution is 2.14. The van der Waals surface area contributed by atoms with Gasteiger partial charge in [0.15, 0.2) is 5.78 Å². The van der Waals surface area contributed by atoms with Crippen molar-refractivity contribution in [2.45, 2.75) is 39.0 Å². The van der Waals surface area contributed by atoms with E-state index >= 15 is 0 Å². The van der Waals surface area contributed by atoms with Crippen LogP contribution >= 0.6 is 0 Å². The zero-order valence-corrected chi connectivity index (χ0v) is 10.9. The van der Waals surface area contributed by atoms with Gasteiger partial charge in [-0.2, -0.15) is 0 Å². The minimum Gasteiger partial charge on any atom is -0.292 e. The van der Waals surface area contributed by atoms with Crippen LogP contribution in [0.15, 0.2) is 36.4 Å². The Morgan fingerprint density at radius 2 is 1.89 bits per heavy atom. The molecule has 1 heterocycles. The summed E-state index contributed by atoms with van der Waals surface area (Å²) in [5, 5.41) is 1.08. The molecule has 0 aliphatic heterocycles. The molecule has 2 heteroatoms. The molecular weight excluding hydrogens is 222 g/mol. The summed E-state index contributed by atoms with van der Waals surface area (Å²) in [4.78, 5) is 16.4. The molecule has 1 aromatic heterocycles. The summed E-state index contributed by atoms with van der Waals surface area (Å²) in [5.41, 5.74) is 1.50. The summed E-state index contributed by atoms with van der Waals surface area (Å²) < 4.78 is 0. The van der Waals surface area contributed by atoms with E-state index in [9.17, 15) is 4.79 Å². The smallest absolute Gasteiger partial charge is 0.181 e. The summed E-state index contributed by atoms with van der Waals surface area (Å²) in [6.07, 6.45) is 5.13. The number of hydrogen-bond donors (Lipinski definition) is 0. The third-order valence-electron chi connectivity index (χ3n) is 3.14. The summed E-state index contributed by atoms with van der Waals surface area (Å²) in [6.45, 7) is 2.17. The van der Waals surface area contributed by atoms with Crippen molar-refractivity contribution < 1.29 is 4.79 Å². The number of benzene rings is 1. The predicted molar refractivity (Wildman–Crippen MR) is 74.8 cm³/mol. The number of pyridine rings is 1. The zero-order chi connectivity index (χ0) is 12.8. The molecule has 94 valence electrons. The minimum absolute atomic E-state index is 0.164. The number of hydrogen-bond acceptors (Lipinski definition) is 2. The lowest BCUT2D eigenvalue weighted by atomic mass is 10.1. The van der Waals surface area contributed by atoms with Gasteiger partial charge in [0.1, 0.15) is 5.69 Å². The van der Waals surface area contributed by atoms with Crippen LogP contribution in [0.3, 0.4) is 0 Å². The highest BCUT2D eigenvalue weighted by Gasteiger charge is 2.07. The first-order valence-corrected chi connectivity index (χ1v) is 6.70. The molecule has 0 bridgehead atoms. The Kier molecular flexibility index (Phi) is 4.46. The molecule has 18 heavy (non-hydrogen) atoms. The van der Waals surface area contributed by atoms with E-state index in [0.717, 1.165) is 23.7 Å². The Bertz CT molecular complexity index is 533. The van der Waals surface area contributed by atoms with Gasteiger partial charge in [0, 0.05) is 11.8 Å². The molecule has 0 fully saturated rings. The van der Waals surface area contributed by atoms with Crippen molar-refractivity contribution in [3.63, 3.8) is 0 Å². The average molecular weight is 241 g/mol. The molecule has 0 atom stereocenters. The van der Waals surface area contributed by atoms with E-state index in [2.05, 4.69) is 11.9 Å². The summed E-state index contributed by atoms with van der Waals surface area (Å²) in [7, 11) is 0. The second-order valence-electron chi connectivity index (χ2n) is 4.62.